The van der Waals surface area contributed by atoms with Crippen molar-refractivity contribution in [3.05, 3.63) is 114 Å². The fraction of sp³-hybridized carbons (Fsp3) is 0.226. The van der Waals surface area contributed by atoms with Gasteiger partial charge in [0, 0.05) is 17.2 Å². The van der Waals surface area contributed by atoms with Crippen LogP contribution in [0, 0.1) is 0 Å². The monoisotopic (exact) mass is 540 g/mol. The molecule has 0 spiro atoms. The van der Waals surface area contributed by atoms with Crippen molar-refractivity contribution in [2.45, 2.75) is 39.7 Å². The highest BCUT2D eigenvalue weighted by Gasteiger charge is 2.33. The number of furan rings is 1. The number of allylic oxidation sites excluding steroid dienone is 1. The normalized spacial score (nSPS) is 15.3. The van der Waals surface area contributed by atoms with E-state index in [2.05, 4.69) is 18.8 Å². The molecule has 0 aliphatic carbocycles. The number of Topliss-reactive ketones (excluding diaryl/α,β-unsaturated/α-hetero) is 1. The number of methoxy groups -OCH3 is 1. The second-order valence-electron chi connectivity index (χ2n) is 9.73. The minimum absolute atomic E-state index is 0.00294. The summed E-state index contributed by atoms with van der Waals surface area (Å²) < 4.78 is 13.1. The minimum atomic E-state index is -0.663. The van der Waals surface area contributed by atoms with Crippen molar-refractivity contribution in [1.29, 1.82) is 0 Å². The third-order valence-corrected chi connectivity index (χ3v) is 7.80. The zero-order chi connectivity index (χ0) is 27.8. The molecule has 2 aromatic heterocycles. The molecule has 0 amide bonds. The number of rotatable bonds is 6. The van der Waals surface area contributed by atoms with Gasteiger partial charge in [-0.3, -0.25) is 14.2 Å². The summed E-state index contributed by atoms with van der Waals surface area (Å²) in [7, 11) is 1.33. The van der Waals surface area contributed by atoms with Crippen LogP contribution in [0.5, 0.6) is 0 Å². The van der Waals surface area contributed by atoms with Crippen molar-refractivity contribution in [3.63, 3.8) is 0 Å². The Kier molecular flexibility index (Phi) is 7.06. The Morgan fingerprint density at radius 2 is 1.74 bits per heavy atom. The molecule has 0 radical (unpaired) electrons. The fourth-order valence-corrected chi connectivity index (χ4v) is 5.68. The number of ketones is 1. The van der Waals surface area contributed by atoms with Gasteiger partial charge in [-0.05, 0) is 43.0 Å². The Balaban J connectivity index is 1.59. The predicted octanol–water partition coefficient (Wildman–Crippen LogP) is 4.99. The van der Waals surface area contributed by atoms with E-state index in [4.69, 9.17) is 9.15 Å². The van der Waals surface area contributed by atoms with E-state index in [0.717, 1.165) is 16.7 Å². The van der Waals surface area contributed by atoms with E-state index in [1.165, 1.54) is 25.4 Å². The summed E-state index contributed by atoms with van der Waals surface area (Å²) >= 11 is 1.24. The van der Waals surface area contributed by atoms with Crippen LogP contribution in [-0.2, 0) is 9.53 Å². The number of hydrogen-bond donors (Lipinski definition) is 0. The largest absolute Gasteiger partial charge is 0.466 e. The minimum Gasteiger partial charge on any atom is -0.466 e. The Bertz CT molecular complexity index is 1780. The number of benzene rings is 2. The Hall–Kier alpha value is -4.30. The van der Waals surface area contributed by atoms with Crippen molar-refractivity contribution in [3.8, 4) is 11.3 Å². The molecule has 0 fully saturated rings. The lowest BCUT2D eigenvalue weighted by molar-refractivity contribution is -0.136. The maximum atomic E-state index is 13.8. The van der Waals surface area contributed by atoms with Crippen molar-refractivity contribution in [2.24, 2.45) is 4.99 Å². The average Bonchev–Trinajstić information content (AvgIpc) is 3.52. The Morgan fingerprint density at radius 1 is 1.05 bits per heavy atom. The van der Waals surface area contributed by atoms with Gasteiger partial charge >= 0.3 is 5.97 Å². The third-order valence-electron chi connectivity index (χ3n) is 6.82. The van der Waals surface area contributed by atoms with Gasteiger partial charge in [0.15, 0.2) is 10.6 Å². The molecule has 39 heavy (non-hydrogen) atoms. The molecule has 198 valence electrons. The number of nitrogens with zero attached hydrogens (tertiary/aromatic N) is 2. The second-order valence-corrected chi connectivity index (χ2v) is 10.7. The summed E-state index contributed by atoms with van der Waals surface area (Å²) in [4.78, 5) is 43.3. The molecular weight excluding hydrogens is 512 g/mol. The number of fused-ring (bicyclic) bond motifs is 1. The number of carbonyl (C=O) groups is 2. The maximum absolute atomic E-state index is 13.8. The number of esters is 1. The third kappa shape index (κ3) is 4.95. The molecular formula is C31H28N2O5S. The van der Waals surface area contributed by atoms with Gasteiger partial charge in [0.25, 0.3) is 5.56 Å². The van der Waals surface area contributed by atoms with E-state index in [1.54, 1.807) is 35.8 Å². The van der Waals surface area contributed by atoms with Crippen LogP contribution in [0.2, 0.25) is 0 Å². The summed E-state index contributed by atoms with van der Waals surface area (Å²) in [6.07, 6.45) is 1.69. The number of carbonyl (C=O) groups excluding carboxylic acids is 2. The average molecular weight is 541 g/mol. The Morgan fingerprint density at radius 3 is 2.36 bits per heavy atom. The molecule has 2 aromatic carbocycles. The van der Waals surface area contributed by atoms with E-state index >= 15 is 0 Å². The molecule has 0 N–H and O–H groups in total. The van der Waals surface area contributed by atoms with Crippen LogP contribution in [0.4, 0.5) is 0 Å². The topological polar surface area (TPSA) is 90.9 Å². The van der Waals surface area contributed by atoms with Gasteiger partial charge in [0.05, 0.1) is 29.0 Å². The van der Waals surface area contributed by atoms with Crippen LogP contribution in [0.25, 0.3) is 17.4 Å². The van der Waals surface area contributed by atoms with E-state index in [-0.39, 0.29) is 11.3 Å². The first-order valence-electron chi connectivity index (χ1n) is 12.6. The standard InChI is InChI=1S/C31H28N2O5S/c1-17(2)20-6-12-23(13-7-20)28-27(30(36)37-5)18(3)32-31-33(28)29(35)26(39-31)16-24-14-15-25(38-24)22-10-8-21(9-11-22)19(4)34/h6-17,28H,1-5H3/b26-16-/t28-/m0/s1. The van der Waals surface area contributed by atoms with E-state index < -0.39 is 12.0 Å². The van der Waals surface area contributed by atoms with Gasteiger partial charge in [-0.25, -0.2) is 9.79 Å². The summed E-state index contributed by atoms with van der Waals surface area (Å²) in [5.41, 5.74) is 4.00. The number of hydrogen-bond acceptors (Lipinski definition) is 7. The lowest BCUT2D eigenvalue weighted by Crippen LogP contribution is -2.39. The SMILES string of the molecule is COC(=O)C1=C(C)N=c2s/c(=C\c3ccc(-c4ccc(C(C)=O)cc4)o3)c(=O)n2[C@H]1c1ccc(C(C)C)cc1. The molecule has 0 saturated heterocycles. The van der Waals surface area contributed by atoms with Crippen LogP contribution >= 0.6 is 11.3 Å². The molecule has 0 saturated carbocycles. The van der Waals surface area contributed by atoms with Crippen molar-refractivity contribution >= 4 is 29.2 Å². The lowest BCUT2D eigenvalue weighted by Gasteiger charge is -2.24. The van der Waals surface area contributed by atoms with Gasteiger partial charge in [-0.1, -0.05) is 73.7 Å². The van der Waals surface area contributed by atoms with E-state index in [0.29, 0.717) is 43.6 Å². The molecule has 7 nitrogen and oxygen atoms in total. The number of ether oxygens (including phenoxy) is 1. The highest BCUT2D eigenvalue weighted by atomic mass is 32.1. The van der Waals surface area contributed by atoms with Gasteiger partial charge < -0.3 is 9.15 Å². The van der Waals surface area contributed by atoms with Gasteiger partial charge in [-0.2, -0.15) is 0 Å². The predicted molar refractivity (Wildman–Crippen MR) is 150 cm³/mol. The van der Waals surface area contributed by atoms with Crippen LogP contribution in [0.1, 0.15) is 66.9 Å². The highest BCUT2D eigenvalue weighted by Crippen LogP contribution is 2.31. The molecule has 1 aliphatic heterocycles. The zero-order valence-electron chi connectivity index (χ0n) is 22.3. The molecule has 1 aliphatic rings. The Labute approximate surface area is 229 Å². The molecule has 1 atom stereocenters. The van der Waals surface area contributed by atoms with Gasteiger partial charge in [0.2, 0.25) is 0 Å². The van der Waals surface area contributed by atoms with Crippen molar-refractivity contribution < 1.29 is 18.7 Å². The van der Waals surface area contributed by atoms with Crippen LogP contribution in [-0.4, -0.2) is 23.4 Å². The molecule has 3 heterocycles. The van der Waals surface area contributed by atoms with Crippen LogP contribution < -0.4 is 14.9 Å². The summed E-state index contributed by atoms with van der Waals surface area (Å²) in [6.45, 7) is 7.51. The molecule has 0 unspecified atom stereocenters. The number of thiazole rings is 1. The second kappa shape index (κ2) is 10.5. The maximum Gasteiger partial charge on any atom is 0.338 e. The van der Waals surface area contributed by atoms with Gasteiger partial charge in [-0.15, -0.1) is 0 Å². The van der Waals surface area contributed by atoms with Crippen molar-refractivity contribution in [1.82, 2.24) is 4.57 Å². The first-order chi connectivity index (χ1) is 18.7. The highest BCUT2D eigenvalue weighted by molar-refractivity contribution is 7.07. The molecule has 4 aromatic rings. The fourth-order valence-electron chi connectivity index (χ4n) is 4.66. The molecule has 8 heteroatoms. The molecule has 0 bridgehead atoms. The zero-order valence-corrected chi connectivity index (χ0v) is 23.2. The van der Waals surface area contributed by atoms with Gasteiger partial charge in [0.1, 0.15) is 11.5 Å². The van der Waals surface area contributed by atoms with E-state index in [1.807, 2.05) is 42.5 Å². The first kappa shape index (κ1) is 26.3. The summed E-state index contributed by atoms with van der Waals surface area (Å²) in [6, 6.07) is 18.1. The molecule has 5 rings (SSSR count). The van der Waals surface area contributed by atoms with Crippen LogP contribution in [0.3, 0.4) is 0 Å². The quantitative estimate of drug-likeness (QED) is 0.254. The smallest absolute Gasteiger partial charge is 0.338 e. The van der Waals surface area contributed by atoms with Crippen molar-refractivity contribution in [2.75, 3.05) is 7.11 Å². The number of aromatic nitrogens is 1. The lowest BCUT2D eigenvalue weighted by atomic mass is 9.93. The van der Waals surface area contributed by atoms with Crippen LogP contribution in [0.15, 0.2) is 86.1 Å². The van der Waals surface area contributed by atoms with E-state index in [9.17, 15) is 14.4 Å². The summed E-state index contributed by atoms with van der Waals surface area (Å²) in [5, 5.41) is 0. The first-order valence-corrected chi connectivity index (χ1v) is 13.4. The summed E-state index contributed by atoms with van der Waals surface area (Å²) in [5.74, 6) is 0.958.